The summed E-state index contributed by atoms with van der Waals surface area (Å²) in [6, 6.07) is 16.8. The third-order valence-electron chi connectivity index (χ3n) is 3.98. The molecule has 0 saturated carbocycles. The highest BCUT2D eigenvalue weighted by Crippen LogP contribution is 2.46. The third kappa shape index (κ3) is 2.23. The molecule has 0 saturated heterocycles. The largest absolute Gasteiger partial charge is 0.489 e. The minimum Gasteiger partial charge on any atom is -0.489 e. The van der Waals surface area contributed by atoms with Crippen molar-refractivity contribution in [1.82, 2.24) is 0 Å². The van der Waals surface area contributed by atoms with Gasteiger partial charge in [0.1, 0.15) is 17.3 Å². The van der Waals surface area contributed by atoms with Crippen LogP contribution in [0.4, 0.5) is 0 Å². The van der Waals surface area contributed by atoms with E-state index in [0.29, 0.717) is 17.5 Å². The minimum absolute atomic E-state index is 0.170. The first-order valence-corrected chi connectivity index (χ1v) is 7.91. The number of halogens is 1. The summed E-state index contributed by atoms with van der Waals surface area (Å²) in [6.45, 7) is 0. The van der Waals surface area contributed by atoms with Crippen LogP contribution in [0.5, 0.6) is 5.75 Å². The fraction of sp³-hybridized carbons (Fsp3) is 0.235. The summed E-state index contributed by atoms with van der Waals surface area (Å²) in [6.07, 6.45) is 0.241. The number of fused-ring (bicyclic) bond motifs is 1. The predicted molar refractivity (Wildman–Crippen MR) is 84.1 cm³/mol. The van der Waals surface area contributed by atoms with Gasteiger partial charge >= 0.3 is 5.97 Å². The van der Waals surface area contributed by atoms with Gasteiger partial charge in [0.25, 0.3) is 0 Å². The molecule has 1 N–H and O–H groups in total. The maximum atomic E-state index is 12.2. The second kappa shape index (κ2) is 5.53. The van der Waals surface area contributed by atoms with Crippen molar-refractivity contribution < 1.29 is 14.6 Å². The first kappa shape index (κ1) is 14.1. The Labute approximate surface area is 131 Å². The van der Waals surface area contributed by atoms with E-state index in [2.05, 4.69) is 15.9 Å². The van der Waals surface area contributed by atoms with E-state index in [1.807, 2.05) is 54.6 Å². The number of hydrogen-bond acceptors (Lipinski definition) is 2. The quantitative estimate of drug-likeness (QED) is 0.863. The molecule has 2 aromatic carbocycles. The van der Waals surface area contributed by atoms with E-state index in [4.69, 9.17) is 4.74 Å². The van der Waals surface area contributed by atoms with Gasteiger partial charge in [-0.15, -0.1) is 0 Å². The molecule has 2 atom stereocenters. The lowest BCUT2D eigenvalue weighted by atomic mass is 9.69. The van der Waals surface area contributed by atoms with Crippen LogP contribution in [0, 0.1) is 0 Å². The third-order valence-corrected chi connectivity index (χ3v) is 4.70. The second-order valence-electron chi connectivity index (χ2n) is 5.17. The molecule has 0 amide bonds. The SMILES string of the molecule is O=C(O)C1(c2ccccc2)CC(CBr)Oc2ccccc21. The molecule has 1 heterocycles. The molecule has 4 heteroatoms. The number of aliphatic carboxylic acids is 1. The van der Waals surface area contributed by atoms with Gasteiger partial charge in [-0.1, -0.05) is 64.5 Å². The topological polar surface area (TPSA) is 46.5 Å². The highest BCUT2D eigenvalue weighted by Gasteiger charge is 2.48. The van der Waals surface area contributed by atoms with E-state index in [1.165, 1.54) is 0 Å². The van der Waals surface area contributed by atoms with Crippen LogP contribution < -0.4 is 4.74 Å². The molecule has 0 aliphatic carbocycles. The number of carboxylic acids is 1. The highest BCUT2D eigenvalue weighted by atomic mass is 79.9. The Bertz CT molecular complexity index is 656. The first-order chi connectivity index (χ1) is 10.2. The summed E-state index contributed by atoms with van der Waals surface area (Å²) in [7, 11) is 0. The van der Waals surface area contributed by atoms with E-state index < -0.39 is 11.4 Å². The van der Waals surface area contributed by atoms with Gasteiger partial charge in [0, 0.05) is 17.3 Å². The Morgan fingerprint density at radius 2 is 1.86 bits per heavy atom. The Morgan fingerprint density at radius 1 is 1.19 bits per heavy atom. The van der Waals surface area contributed by atoms with Crippen LogP contribution in [0.2, 0.25) is 0 Å². The van der Waals surface area contributed by atoms with Crippen molar-refractivity contribution in [2.45, 2.75) is 17.9 Å². The number of benzene rings is 2. The Kier molecular flexibility index (Phi) is 3.72. The van der Waals surface area contributed by atoms with Crippen LogP contribution in [0.1, 0.15) is 17.5 Å². The van der Waals surface area contributed by atoms with Gasteiger partial charge in [-0.3, -0.25) is 4.79 Å². The number of ether oxygens (including phenoxy) is 1. The van der Waals surface area contributed by atoms with Crippen LogP contribution in [-0.4, -0.2) is 22.5 Å². The fourth-order valence-electron chi connectivity index (χ4n) is 3.00. The standard InChI is InChI=1S/C17H15BrO3/c18-11-13-10-17(16(19)20,12-6-2-1-3-7-12)14-8-4-5-9-15(14)21-13/h1-9,13H,10-11H2,(H,19,20). The zero-order chi connectivity index (χ0) is 14.9. The van der Waals surface area contributed by atoms with Crippen molar-refractivity contribution in [3.05, 3.63) is 65.7 Å². The van der Waals surface area contributed by atoms with E-state index in [9.17, 15) is 9.90 Å². The van der Waals surface area contributed by atoms with E-state index in [-0.39, 0.29) is 6.10 Å². The molecule has 0 radical (unpaired) electrons. The molecule has 108 valence electrons. The number of carboxylic acid groups (broad SMARTS) is 1. The van der Waals surface area contributed by atoms with Crippen LogP contribution in [-0.2, 0) is 10.2 Å². The van der Waals surface area contributed by atoms with Crippen LogP contribution in [0.25, 0.3) is 0 Å². The van der Waals surface area contributed by atoms with Crippen molar-refractivity contribution in [1.29, 1.82) is 0 Å². The lowest BCUT2D eigenvalue weighted by molar-refractivity contribution is -0.143. The molecule has 0 bridgehead atoms. The number of hydrogen-bond donors (Lipinski definition) is 1. The van der Waals surface area contributed by atoms with E-state index >= 15 is 0 Å². The average Bonchev–Trinajstić information content (AvgIpc) is 2.54. The summed E-state index contributed by atoms with van der Waals surface area (Å²) in [5, 5.41) is 10.6. The minimum atomic E-state index is -1.06. The summed E-state index contributed by atoms with van der Waals surface area (Å²) in [4.78, 5) is 12.2. The number of alkyl halides is 1. The van der Waals surface area contributed by atoms with Gasteiger partial charge in [-0.05, 0) is 11.6 Å². The molecule has 1 aliphatic rings. The van der Waals surface area contributed by atoms with Crippen molar-refractivity contribution in [3.8, 4) is 5.75 Å². The lowest BCUT2D eigenvalue weighted by Gasteiger charge is -2.39. The molecular weight excluding hydrogens is 332 g/mol. The van der Waals surface area contributed by atoms with Gasteiger partial charge < -0.3 is 9.84 Å². The molecule has 2 aromatic rings. The van der Waals surface area contributed by atoms with Crippen LogP contribution in [0.15, 0.2) is 54.6 Å². The fourth-order valence-corrected chi connectivity index (χ4v) is 3.36. The van der Waals surface area contributed by atoms with Crippen LogP contribution in [0.3, 0.4) is 0 Å². The number of para-hydroxylation sites is 1. The van der Waals surface area contributed by atoms with Gasteiger partial charge in [-0.25, -0.2) is 0 Å². The van der Waals surface area contributed by atoms with Crippen molar-refractivity contribution in [3.63, 3.8) is 0 Å². The van der Waals surface area contributed by atoms with E-state index in [1.54, 1.807) is 0 Å². The summed E-state index contributed by atoms with van der Waals surface area (Å²) >= 11 is 3.42. The monoisotopic (exact) mass is 346 g/mol. The van der Waals surface area contributed by atoms with Crippen molar-refractivity contribution >= 4 is 21.9 Å². The van der Waals surface area contributed by atoms with Gasteiger partial charge in [0.05, 0.1) is 0 Å². The van der Waals surface area contributed by atoms with Crippen molar-refractivity contribution in [2.24, 2.45) is 0 Å². The molecular formula is C17H15BrO3. The second-order valence-corrected chi connectivity index (χ2v) is 5.82. The molecule has 2 unspecified atom stereocenters. The molecule has 1 aliphatic heterocycles. The maximum Gasteiger partial charge on any atom is 0.318 e. The highest BCUT2D eigenvalue weighted by molar-refractivity contribution is 9.09. The molecule has 0 fully saturated rings. The average molecular weight is 347 g/mol. The normalized spacial score (nSPS) is 24.0. The maximum absolute atomic E-state index is 12.2. The summed E-state index contributed by atoms with van der Waals surface area (Å²) < 4.78 is 5.90. The molecule has 3 rings (SSSR count). The molecule has 21 heavy (non-hydrogen) atoms. The van der Waals surface area contributed by atoms with Gasteiger partial charge in [0.2, 0.25) is 0 Å². The smallest absolute Gasteiger partial charge is 0.318 e. The Morgan fingerprint density at radius 3 is 2.52 bits per heavy atom. The summed E-state index contributed by atoms with van der Waals surface area (Å²) in [5.74, 6) is -0.185. The molecule has 3 nitrogen and oxygen atoms in total. The Balaban J connectivity index is 2.26. The van der Waals surface area contributed by atoms with Gasteiger partial charge in [-0.2, -0.15) is 0 Å². The zero-order valence-electron chi connectivity index (χ0n) is 11.3. The number of rotatable bonds is 3. The number of carbonyl (C=O) groups is 1. The molecule has 0 aromatic heterocycles. The van der Waals surface area contributed by atoms with Crippen LogP contribution >= 0.6 is 15.9 Å². The predicted octanol–water partition coefficient (Wildman–Crippen LogP) is 3.60. The van der Waals surface area contributed by atoms with E-state index in [0.717, 1.165) is 11.1 Å². The summed E-state index contributed by atoms with van der Waals surface area (Å²) in [5.41, 5.74) is 0.453. The lowest BCUT2D eigenvalue weighted by Crippen LogP contribution is -2.45. The van der Waals surface area contributed by atoms with Gasteiger partial charge in [0.15, 0.2) is 0 Å². The Hall–Kier alpha value is -1.81. The zero-order valence-corrected chi connectivity index (χ0v) is 12.9. The first-order valence-electron chi connectivity index (χ1n) is 6.79. The van der Waals surface area contributed by atoms with Crippen molar-refractivity contribution in [2.75, 3.05) is 5.33 Å². The molecule has 0 spiro atoms.